The predicted molar refractivity (Wildman–Crippen MR) is 127 cm³/mol. The Morgan fingerprint density at radius 1 is 0.969 bits per heavy atom. The molecular weight excluding hydrogens is 542 g/mol. The van der Waals surface area contributed by atoms with Crippen molar-refractivity contribution in [2.45, 2.75) is 13.3 Å². The number of fused-ring (bicyclic) bond motifs is 2. The summed E-state index contributed by atoms with van der Waals surface area (Å²) in [5.74, 6) is -1.30. The molecule has 6 nitrogen and oxygen atoms in total. The number of carbonyl (C=O) groups is 3. The number of phenolic OH excluding ortho intramolecular Hbond substituents is 1. The normalized spacial score (nSPS) is 12.2. The molecule has 0 aromatic heterocycles. The van der Waals surface area contributed by atoms with Gasteiger partial charge in [-0.15, -0.1) is 0 Å². The summed E-state index contributed by atoms with van der Waals surface area (Å²) in [6, 6.07) is 13.3. The van der Waals surface area contributed by atoms with Crippen molar-refractivity contribution in [2.75, 3.05) is 11.9 Å². The Hall–Kier alpha value is -2.97. The number of aromatic hydroxyl groups is 1. The molecule has 0 fully saturated rings. The van der Waals surface area contributed by atoms with Crippen molar-refractivity contribution in [1.29, 1.82) is 0 Å². The van der Waals surface area contributed by atoms with Gasteiger partial charge in [0.25, 0.3) is 0 Å². The first-order chi connectivity index (χ1) is 15.3. The zero-order valence-corrected chi connectivity index (χ0v) is 20.0. The van der Waals surface area contributed by atoms with Crippen LogP contribution in [-0.4, -0.2) is 29.2 Å². The van der Waals surface area contributed by atoms with Gasteiger partial charge in [0.1, 0.15) is 5.75 Å². The number of benzene rings is 3. The summed E-state index contributed by atoms with van der Waals surface area (Å²) in [5, 5.41) is 13.6. The van der Waals surface area contributed by atoms with Crippen LogP contribution in [0.4, 0.5) is 11.4 Å². The van der Waals surface area contributed by atoms with E-state index in [0.717, 1.165) is 5.56 Å². The minimum absolute atomic E-state index is 0.0102. The highest BCUT2D eigenvalue weighted by Crippen LogP contribution is 2.41. The summed E-state index contributed by atoms with van der Waals surface area (Å²) < 4.78 is 6.42. The highest BCUT2D eigenvalue weighted by Gasteiger charge is 2.34. The Balaban J connectivity index is 1.72. The molecule has 0 amide bonds. The first-order valence-electron chi connectivity index (χ1n) is 9.70. The molecule has 0 aliphatic heterocycles. The largest absolute Gasteiger partial charge is 0.507 e. The van der Waals surface area contributed by atoms with Crippen LogP contribution in [0.15, 0.2) is 57.5 Å². The van der Waals surface area contributed by atoms with Crippen LogP contribution in [0.5, 0.6) is 5.75 Å². The monoisotopic (exact) mass is 557 g/mol. The fourth-order valence-electron chi connectivity index (χ4n) is 3.65. The molecule has 0 saturated heterocycles. The number of ketones is 2. The number of anilines is 2. The summed E-state index contributed by atoms with van der Waals surface area (Å²) >= 11 is 7.08. The fraction of sp³-hybridized carbons (Fsp3) is 0.125. The maximum Gasteiger partial charge on any atom is 0.302 e. The number of rotatable bonds is 5. The lowest BCUT2D eigenvalue weighted by atomic mass is 9.82. The summed E-state index contributed by atoms with van der Waals surface area (Å²) in [6.07, 6.45) is 0.537. The molecule has 0 radical (unpaired) electrons. The number of hydrogen-bond acceptors (Lipinski definition) is 6. The number of hydrogen-bond donors (Lipinski definition) is 2. The molecule has 1 aliphatic carbocycles. The lowest BCUT2D eigenvalue weighted by molar-refractivity contribution is -0.140. The second-order valence-corrected chi connectivity index (χ2v) is 8.94. The summed E-state index contributed by atoms with van der Waals surface area (Å²) in [4.78, 5) is 37.2. The van der Waals surface area contributed by atoms with E-state index in [2.05, 4.69) is 37.2 Å². The average Bonchev–Trinajstić information content (AvgIpc) is 2.75. The van der Waals surface area contributed by atoms with Crippen LogP contribution >= 0.6 is 31.9 Å². The Kier molecular flexibility index (Phi) is 6.17. The molecule has 162 valence electrons. The fourth-order valence-corrected chi connectivity index (χ4v) is 5.13. The molecule has 32 heavy (non-hydrogen) atoms. The van der Waals surface area contributed by atoms with Crippen molar-refractivity contribution in [2.24, 2.45) is 0 Å². The molecule has 0 bridgehead atoms. The van der Waals surface area contributed by atoms with Crippen molar-refractivity contribution in [3.8, 4) is 5.75 Å². The van der Waals surface area contributed by atoms with Crippen LogP contribution in [0.25, 0.3) is 0 Å². The number of esters is 1. The number of halogens is 2. The van der Waals surface area contributed by atoms with Crippen LogP contribution < -0.4 is 5.32 Å². The summed E-state index contributed by atoms with van der Waals surface area (Å²) in [6.45, 7) is 1.63. The topological polar surface area (TPSA) is 92.7 Å². The molecule has 0 atom stereocenters. The van der Waals surface area contributed by atoms with E-state index >= 15 is 0 Å². The molecule has 1 aliphatic rings. The van der Waals surface area contributed by atoms with Gasteiger partial charge in [0.05, 0.1) is 29.1 Å². The number of ether oxygens (including phenoxy) is 1. The quantitative estimate of drug-likeness (QED) is 0.247. The average molecular weight is 559 g/mol. The lowest BCUT2D eigenvalue weighted by Crippen LogP contribution is -2.22. The van der Waals surface area contributed by atoms with Gasteiger partial charge >= 0.3 is 5.97 Å². The van der Waals surface area contributed by atoms with Crippen LogP contribution in [0.3, 0.4) is 0 Å². The molecule has 4 rings (SSSR count). The van der Waals surface area contributed by atoms with E-state index in [1.54, 1.807) is 30.3 Å². The van der Waals surface area contributed by atoms with Crippen LogP contribution in [0.2, 0.25) is 0 Å². The maximum absolute atomic E-state index is 13.2. The highest BCUT2D eigenvalue weighted by atomic mass is 79.9. The molecule has 8 heteroatoms. The number of carbonyl (C=O) groups excluding carboxylic acids is 3. The number of nitrogens with one attached hydrogen (secondary N) is 1. The van der Waals surface area contributed by atoms with E-state index in [1.165, 1.54) is 13.0 Å². The van der Waals surface area contributed by atoms with Crippen molar-refractivity contribution in [3.05, 3.63) is 85.3 Å². The molecule has 3 aromatic rings. The molecule has 0 heterocycles. The molecule has 0 spiro atoms. The molecular formula is C24H17Br2NO5. The lowest BCUT2D eigenvalue weighted by Gasteiger charge is -2.22. The third kappa shape index (κ3) is 4.08. The first-order valence-corrected chi connectivity index (χ1v) is 11.3. The van der Waals surface area contributed by atoms with Gasteiger partial charge in [-0.05, 0) is 61.7 Å². The molecule has 3 aromatic carbocycles. The highest BCUT2D eigenvalue weighted by molar-refractivity contribution is 9.11. The second kappa shape index (κ2) is 8.88. The van der Waals surface area contributed by atoms with Gasteiger partial charge in [-0.3, -0.25) is 14.4 Å². The van der Waals surface area contributed by atoms with Crippen molar-refractivity contribution < 1.29 is 24.2 Å². The van der Waals surface area contributed by atoms with E-state index in [1.807, 2.05) is 12.1 Å². The molecule has 0 saturated carbocycles. The Morgan fingerprint density at radius 3 is 2.16 bits per heavy atom. The molecule has 2 N–H and O–H groups in total. The third-order valence-electron chi connectivity index (χ3n) is 5.11. The SMILES string of the molecule is CC(=O)OCCc1cc(Br)c(Nc2ccc(O)c3c2C(=O)c2ccccc2C3=O)c(Br)c1. The van der Waals surface area contributed by atoms with Gasteiger partial charge in [-0.2, -0.15) is 0 Å². The van der Waals surface area contributed by atoms with E-state index in [9.17, 15) is 19.5 Å². The van der Waals surface area contributed by atoms with Gasteiger partial charge in [-0.25, -0.2) is 0 Å². The summed E-state index contributed by atoms with van der Waals surface area (Å²) in [7, 11) is 0. The summed E-state index contributed by atoms with van der Waals surface area (Å²) in [5.41, 5.74) is 2.68. The van der Waals surface area contributed by atoms with Crippen LogP contribution in [-0.2, 0) is 16.0 Å². The molecule has 0 unspecified atom stereocenters. The van der Waals surface area contributed by atoms with E-state index in [4.69, 9.17) is 4.74 Å². The van der Waals surface area contributed by atoms with Crippen LogP contribution in [0, 0.1) is 0 Å². The smallest absolute Gasteiger partial charge is 0.302 e. The van der Waals surface area contributed by atoms with Gasteiger partial charge in [0.15, 0.2) is 11.6 Å². The Bertz CT molecular complexity index is 1260. The maximum atomic E-state index is 13.2. The zero-order chi connectivity index (χ0) is 23.0. The van der Waals surface area contributed by atoms with Gasteiger partial charge in [-0.1, -0.05) is 24.3 Å². The van der Waals surface area contributed by atoms with Crippen LogP contribution in [0.1, 0.15) is 44.3 Å². The second-order valence-electron chi connectivity index (χ2n) is 7.24. The predicted octanol–water partition coefficient (Wildman–Crippen LogP) is 5.54. The van der Waals surface area contributed by atoms with E-state index in [-0.39, 0.29) is 40.8 Å². The van der Waals surface area contributed by atoms with Crippen molar-refractivity contribution in [3.63, 3.8) is 0 Å². The van der Waals surface area contributed by atoms with E-state index < -0.39 is 5.78 Å². The Morgan fingerprint density at radius 2 is 1.56 bits per heavy atom. The standard InChI is InChI=1S/C24H17Br2NO5/c1-12(28)32-9-8-13-10-16(25)22(17(26)11-13)27-18-6-7-19(29)21-20(18)23(30)14-4-2-3-5-15(14)24(21)31/h2-7,10-11,27,29H,8-9H2,1H3. The number of phenols is 1. The first kappa shape index (κ1) is 22.2. The third-order valence-corrected chi connectivity index (χ3v) is 6.36. The van der Waals surface area contributed by atoms with E-state index in [0.29, 0.717) is 32.3 Å². The Labute approximate surface area is 200 Å². The van der Waals surface area contributed by atoms with Gasteiger partial charge < -0.3 is 15.2 Å². The minimum Gasteiger partial charge on any atom is -0.507 e. The van der Waals surface area contributed by atoms with Crippen molar-refractivity contribution in [1.82, 2.24) is 0 Å². The van der Waals surface area contributed by atoms with Gasteiger partial charge in [0.2, 0.25) is 0 Å². The minimum atomic E-state index is -0.393. The zero-order valence-electron chi connectivity index (χ0n) is 16.9. The van der Waals surface area contributed by atoms with Crippen molar-refractivity contribution >= 4 is 60.8 Å². The van der Waals surface area contributed by atoms with Gasteiger partial charge in [0, 0.05) is 33.4 Å².